The molecule has 0 aliphatic heterocycles. The summed E-state index contributed by atoms with van der Waals surface area (Å²) in [5.74, 6) is -2.71. The van der Waals surface area contributed by atoms with E-state index in [0.29, 0.717) is 0 Å². The van der Waals surface area contributed by atoms with Crippen LogP contribution in [0.25, 0.3) is 22.0 Å². The van der Waals surface area contributed by atoms with Gasteiger partial charge < -0.3 is 10.2 Å². The number of benzene rings is 2. The monoisotopic (exact) mass is 414 g/mol. The van der Waals surface area contributed by atoms with E-state index >= 15 is 0 Å². The average Bonchev–Trinajstić information content (AvgIpc) is 2.70. The molecule has 0 aliphatic carbocycles. The molecule has 0 unspecified atom stereocenters. The highest BCUT2D eigenvalue weighted by Gasteiger charge is 2.33. The van der Waals surface area contributed by atoms with Crippen molar-refractivity contribution in [1.82, 2.24) is 4.98 Å². The molecule has 0 atom stereocenters. The number of alkyl halides is 3. The van der Waals surface area contributed by atoms with Gasteiger partial charge in [-0.05, 0) is 23.3 Å². The lowest BCUT2D eigenvalue weighted by molar-refractivity contribution is -0.137. The second kappa shape index (κ2) is 7.83. The summed E-state index contributed by atoms with van der Waals surface area (Å²) < 4.78 is 40.1. The zero-order chi connectivity index (χ0) is 22.1. The van der Waals surface area contributed by atoms with Gasteiger partial charge in [0.1, 0.15) is 17.3 Å². The van der Waals surface area contributed by atoms with Crippen LogP contribution in [-0.2, 0) is 11.0 Å². The van der Waals surface area contributed by atoms with Gasteiger partial charge in [0.25, 0.3) is 0 Å². The van der Waals surface area contributed by atoms with E-state index in [1.807, 2.05) is 0 Å². The highest BCUT2D eigenvalue weighted by molar-refractivity contribution is 6.03. The number of aromatic nitrogens is 1. The molecule has 0 spiro atoms. The first-order valence-corrected chi connectivity index (χ1v) is 8.62. The first kappa shape index (κ1) is 20.8. The largest absolute Gasteiger partial charge is 0.504 e. The average molecular weight is 414 g/mol. The van der Waals surface area contributed by atoms with Crippen molar-refractivity contribution < 1.29 is 33.0 Å². The third-order valence-electron chi connectivity index (χ3n) is 4.45. The molecule has 0 radical (unpaired) electrons. The van der Waals surface area contributed by atoms with Crippen molar-refractivity contribution in [3.05, 3.63) is 59.3 Å². The number of carbonyl (C=O) groups excluding carboxylic acids is 1. The maximum atomic E-state index is 13.4. The minimum atomic E-state index is -4.59. The standard InChI is InChI=1S/C21H13F3N2O4/c22-21(23,24)15-4-2-1-3-12(15)11-5-6-13-14(10-25)20(30)19(26-16(13)9-11)17(27)7-8-18(28)29/h1-6,9,30H,7-8H2,(H,28,29). The number of Topliss-reactive ketones (excluding diaryl/α,β-unsaturated/α-hetero) is 1. The third-order valence-corrected chi connectivity index (χ3v) is 4.45. The smallest absolute Gasteiger partial charge is 0.417 e. The lowest BCUT2D eigenvalue weighted by atomic mass is 9.96. The van der Waals surface area contributed by atoms with E-state index in [1.165, 1.54) is 36.4 Å². The molecule has 2 aromatic carbocycles. The van der Waals surface area contributed by atoms with Crippen molar-refractivity contribution in [1.29, 1.82) is 5.26 Å². The van der Waals surface area contributed by atoms with Gasteiger partial charge in [0.05, 0.1) is 17.5 Å². The maximum Gasteiger partial charge on any atom is 0.417 e. The second-order valence-electron chi connectivity index (χ2n) is 6.39. The number of carboxylic acids is 1. The van der Waals surface area contributed by atoms with Gasteiger partial charge in [0.2, 0.25) is 0 Å². The van der Waals surface area contributed by atoms with Crippen LogP contribution in [0.5, 0.6) is 5.75 Å². The summed E-state index contributed by atoms with van der Waals surface area (Å²) in [5.41, 5.74) is -1.56. The summed E-state index contributed by atoms with van der Waals surface area (Å²) in [4.78, 5) is 27.0. The fourth-order valence-corrected chi connectivity index (χ4v) is 3.05. The Bertz CT molecular complexity index is 1210. The van der Waals surface area contributed by atoms with Crippen molar-refractivity contribution in [2.24, 2.45) is 0 Å². The van der Waals surface area contributed by atoms with Crippen LogP contribution in [0.4, 0.5) is 13.2 Å². The van der Waals surface area contributed by atoms with Gasteiger partial charge in [-0.15, -0.1) is 0 Å². The molecule has 0 fully saturated rings. The number of carbonyl (C=O) groups is 2. The van der Waals surface area contributed by atoms with Crippen molar-refractivity contribution in [2.45, 2.75) is 19.0 Å². The van der Waals surface area contributed by atoms with E-state index in [0.717, 1.165) is 6.07 Å². The Morgan fingerprint density at radius 2 is 1.80 bits per heavy atom. The molecule has 30 heavy (non-hydrogen) atoms. The van der Waals surface area contributed by atoms with Gasteiger partial charge in [-0.3, -0.25) is 9.59 Å². The molecule has 6 nitrogen and oxygen atoms in total. The molecule has 3 aromatic rings. The number of fused-ring (bicyclic) bond motifs is 1. The van der Waals surface area contributed by atoms with Crippen molar-refractivity contribution in [2.75, 3.05) is 0 Å². The molecule has 0 bridgehead atoms. The Labute approximate surface area is 167 Å². The molecule has 3 rings (SSSR count). The summed E-state index contributed by atoms with van der Waals surface area (Å²) in [7, 11) is 0. The van der Waals surface area contributed by atoms with Crippen LogP contribution in [0.1, 0.15) is 34.5 Å². The molecule has 0 aliphatic rings. The van der Waals surface area contributed by atoms with Crippen LogP contribution in [0.15, 0.2) is 42.5 Å². The molecule has 0 amide bonds. The first-order valence-electron chi connectivity index (χ1n) is 8.62. The number of aliphatic carboxylic acids is 1. The molecular formula is C21H13F3N2O4. The van der Waals surface area contributed by atoms with Crippen LogP contribution < -0.4 is 0 Å². The molecule has 0 saturated carbocycles. The van der Waals surface area contributed by atoms with Crippen molar-refractivity contribution >= 4 is 22.7 Å². The number of carboxylic acid groups (broad SMARTS) is 1. The molecule has 152 valence electrons. The Morgan fingerprint density at radius 1 is 1.10 bits per heavy atom. The summed E-state index contributed by atoms with van der Waals surface area (Å²) in [6, 6.07) is 10.7. The van der Waals surface area contributed by atoms with E-state index in [-0.39, 0.29) is 27.6 Å². The number of nitrogens with zero attached hydrogens (tertiary/aromatic N) is 2. The van der Waals surface area contributed by atoms with Gasteiger partial charge in [-0.1, -0.05) is 30.3 Å². The van der Waals surface area contributed by atoms with Gasteiger partial charge in [0.15, 0.2) is 11.5 Å². The first-order chi connectivity index (χ1) is 14.1. The van der Waals surface area contributed by atoms with Crippen LogP contribution in [0.3, 0.4) is 0 Å². The van der Waals surface area contributed by atoms with E-state index < -0.39 is 47.8 Å². The number of ketones is 1. The van der Waals surface area contributed by atoms with Gasteiger partial charge in [0, 0.05) is 11.8 Å². The fraction of sp³-hybridized carbons (Fsp3) is 0.143. The summed E-state index contributed by atoms with van der Waals surface area (Å²) in [6.45, 7) is 0. The number of hydrogen-bond acceptors (Lipinski definition) is 5. The number of aromatic hydroxyl groups is 1. The van der Waals surface area contributed by atoms with Crippen LogP contribution >= 0.6 is 0 Å². The highest BCUT2D eigenvalue weighted by Crippen LogP contribution is 2.38. The van der Waals surface area contributed by atoms with Crippen LogP contribution in [-0.4, -0.2) is 26.9 Å². The SMILES string of the molecule is N#Cc1c(O)c(C(=O)CCC(=O)O)nc2cc(-c3ccccc3C(F)(F)F)ccc12. The van der Waals surface area contributed by atoms with Crippen molar-refractivity contribution in [3.8, 4) is 22.9 Å². The lowest BCUT2D eigenvalue weighted by Gasteiger charge is -2.14. The zero-order valence-corrected chi connectivity index (χ0v) is 15.2. The Balaban J connectivity index is 2.20. The summed E-state index contributed by atoms with van der Waals surface area (Å²) in [6.07, 6.45) is -5.55. The molecule has 1 heterocycles. The van der Waals surface area contributed by atoms with E-state index in [9.17, 15) is 33.1 Å². The molecule has 0 saturated heterocycles. The molecular weight excluding hydrogens is 401 g/mol. The Kier molecular flexibility index (Phi) is 5.43. The van der Waals surface area contributed by atoms with Crippen LogP contribution in [0, 0.1) is 11.3 Å². The minimum absolute atomic E-state index is 0.0255. The Hall–Kier alpha value is -3.93. The summed E-state index contributed by atoms with van der Waals surface area (Å²) in [5, 5.41) is 28.5. The molecule has 9 heteroatoms. The normalized spacial score (nSPS) is 11.3. The molecule has 2 N–H and O–H groups in total. The van der Waals surface area contributed by atoms with E-state index in [4.69, 9.17) is 5.11 Å². The second-order valence-corrected chi connectivity index (χ2v) is 6.39. The molecule has 1 aromatic heterocycles. The third kappa shape index (κ3) is 3.93. The van der Waals surface area contributed by atoms with Gasteiger partial charge in [-0.25, -0.2) is 4.98 Å². The number of nitriles is 1. The topological polar surface area (TPSA) is 111 Å². The Morgan fingerprint density at radius 3 is 2.43 bits per heavy atom. The zero-order valence-electron chi connectivity index (χ0n) is 15.2. The highest BCUT2D eigenvalue weighted by atomic mass is 19.4. The number of halogens is 3. The van der Waals surface area contributed by atoms with Gasteiger partial charge >= 0.3 is 12.1 Å². The fourth-order valence-electron chi connectivity index (χ4n) is 3.05. The quantitative estimate of drug-likeness (QED) is 0.593. The van der Waals surface area contributed by atoms with E-state index in [1.54, 1.807) is 6.07 Å². The number of rotatable bonds is 5. The van der Waals surface area contributed by atoms with E-state index in [2.05, 4.69) is 4.98 Å². The van der Waals surface area contributed by atoms with Crippen molar-refractivity contribution in [3.63, 3.8) is 0 Å². The lowest BCUT2D eigenvalue weighted by Crippen LogP contribution is -2.08. The number of pyridine rings is 1. The minimum Gasteiger partial charge on any atom is -0.504 e. The summed E-state index contributed by atoms with van der Waals surface area (Å²) >= 11 is 0. The van der Waals surface area contributed by atoms with Crippen LogP contribution in [0.2, 0.25) is 0 Å². The van der Waals surface area contributed by atoms with Gasteiger partial charge in [-0.2, -0.15) is 18.4 Å². The predicted octanol–water partition coefficient (Wildman–Crippen LogP) is 4.55. The maximum absolute atomic E-state index is 13.4. The number of hydrogen-bond donors (Lipinski definition) is 2. The predicted molar refractivity (Wildman–Crippen MR) is 99.8 cm³/mol.